The van der Waals surface area contributed by atoms with Gasteiger partial charge in [-0.3, -0.25) is 4.79 Å². The third-order valence-electron chi connectivity index (χ3n) is 5.60. The van der Waals surface area contributed by atoms with Crippen LogP contribution in [0.25, 0.3) is 22.6 Å². The minimum atomic E-state index is -4.62. The molecule has 2 N–H and O–H groups in total. The van der Waals surface area contributed by atoms with E-state index < -0.39 is 23.1 Å². The number of H-pyrrole nitrogens is 2. The number of pyridine rings is 1. The van der Waals surface area contributed by atoms with Crippen LogP contribution in [0.3, 0.4) is 0 Å². The highest BCUT2D eigenvalue weighted by atomic mass is 19.4. The number of hydrogen-bond donors (Lipinski definition) is 2. The van der Waals surface area contributed by atoms with E-state index in [1.807, 2.05) is 13.0 Å². The Hall–Kier alpha value is -3.66. The molecule has 0 unspecified atom stereocenters. The van der Waals surface area contributed by atoms with Crippen molar-refractivity contribution in [3.8, 4) is 11.5 Å². The number of ketones is 1. The summed E-state index contributed by atoms with van der Waals surface area (Å²) in [7, 11) is 0. The van der Waals surface area contributed by atoms with Crippen molar-refractivity contribution in [3.63, 3.8) is 0 Å². The number of imidazole rings is 1. The summed E-state index contributed by atoms with van der Waals surface area (Å²) < 4.78 is 45.5. The van der Waals surface area contributed by atoms with Crippen LogP contribution in [0.5, 0.6) is 0 Å². The molecule has 170 valence electrons. The number of nitrogens with zero attached hydrogens (tertiary/aromatic N) is 3. The molecule has 1 aliphatic heterocycles. The fraction of sp³-hybridized carbons (Fsp3) is 0.261. The zero-order valence-corrected chi connectivity index (χ0v) is 17.6. The minimum Gasteiger partial charge on any atom is -0.375 e. The molecule has 1 aliphatic rings. The summed E-state index contributed by atoms with van der Waals surface area (Å²) in [5, 5.41) is 0. The predicted octanol–water partition coefficient (Wildman–Crippen LogP) is 4.43. The number of halogens is 3. The molecule has 0 amide bonds. The standard InChI is InChI=1S/C23H20F3N5O2/c1-13-12-31(6-7-33-13)20-9-17-19(11-28-20)30-22(29-17)18-8-14(10-27-18)21(32)15-4-2-3-5-16(15)23(24,25)26/h2-5,8-11,13,27H,6-7,12H2,1H3,(H,29,30)/t13-/m1/s1. The first-order valence-corrected chi connectivity index (χ1v) is 10.4. The molecule has 1 aromatic carbocycles. The summed E-state index contributed by atoms with van der Waals surface area (Å²) in [6, 6.07) is 8.12. The summed E-state index contributed by atoms with van der Waals surface area (Å²) in [6.45, 7) is 4.11. The van der Waals surface area contributed by atoms with Gasteiger partial charge in [0.15, 0.2) is 11.6 Å². The first-order chi connectivity index (χ1) is 15.8. The Kier molecular flexibility index (Phi) is 5.16. The average molecular weight is 455 g/mol. The van der Waals surface area contributed by atoms with E-state index in [-0.39, 0.29) is 11.7 Å². The van der Waals surface area contributed by atoms with Gasteiger partial charge in [0.25, 0.3) is 0 Å². The Labute approximate surface area is 186 Å². The van der Waals surface area contributed by atoms with Crippen LogP contribution >= 0.6 is 0 Å². The molecule has 3 aromatic heterocycles. The quantitative estimate of drug-likeness (QED) is 0.445. The number of carbonyl (C=O) groups is 1. The number of ether oxygens (including phenoxy) is 1. The van der Waals surface area contributed by atoms with Gasteiger partial charge in [-0.2, -0.15) is 13.2 Å². The van der Waals surface area contributed by atoms with Crippen LogP contribution < -0.4 is 4.90 Å². The van der Waals surface area contributed by atoms with Gasteiger partial charge < -0.3 is 19.6 Å². The second-order valence-corrected chi connectivity index (χ2v) is 7.95. The molecule has 4 heterocycles. The lowest BCUT2D eigenvalue weighted by Crippen LogP contribution is -2.41. The van der Waals surface area contributed by atoms with Crippen LogP contribution in [0.15, 0.2) is 48.8 Å². The van der Waals surface area contributed by atoms with Gasteiger partial charge in [-0.05, 0) is 19.1 Å². The molecule has 0 bridgehead atoms. The van der Waals surface area contributed by atoms with Crippen LogP contribution in [0.1, 0.15) is 28.4 Å². The number of benzene rings is 1. The zero-order chi connectivity index (χ0) is 23.2. The summed E-state index contributed by atoms with van der Waals surface area (Å²) >= 11 is 0. The first-order valence-electron chi connectivity index (χ1n) is 10.4. The van der Waals surface area contributed by atoms with Crippen molar-refractivity contribution in [1.29, 1.82) is 0 Å². The average Bonchev–Trinajstić information content (AvgIpc) is 3.45. The van der Waals surface area contributed by atoms with Gasteiger partial charge in [0, 0.05) is 36.5 Å². The number of hydrogen-bond acceptors (Lipinski definition) is 5. The second kappa shape index (κ2) is 8.04. The molecule has 0 spiro atoms. The molecule has 0 radical (unpaired) electrons. The van der Waals surface area contributed by atoms with E-state index in [9.17, 15) is 18.0 Å². The van der Waals surface area contributed by atoms with E-state index in [4.69, 9.17) is 4.74 Å². The molecule has 1 fully saturated rings. The van der Waals surface area contributed by atoms with E-state index in [0.717, 1.165) is 25.0 Å². The number of rotatable bonds is 4. The van der Waals surface area contributed by atoms with Gasteiger partial charge in [-0.1, -0.05) is 18.2 Å². The van der Waals surface area contributed by atoms with Crippen molar-refractivity contribution in [2.45, 2.75) is 19.2 Å². The van der Waals surface area contributed by atoms with E-state index in [1.165, 1.54) is 30.5 Å². The van der Waals surface area contributed by atoms with Crippen molar-refractivity contribution in [1.82, 2.24) is 19.9 Å². The van der Waals surface area contributed by atoms with Gasteiger partial charge in [0.2, 0.25) is 0 Å². The summed E-state index contributed by atoms with van der Waals surface area (Å²) in [5.41, 5.74) is 0.647. The Balaban J connectivity index is 1.43. The maximum absolute atomic E-state index is 13.3. The number of fused-ring (bicyclic) bond motifs is 1. The van der Waals surface area contributed by atoms with Crippen LogP contribution in [-0.4, -0.2) is 51.5 Å². The van der Waals surface area contributed by atoms with Crippen LogP contribution in [0.2, 0.25) is 0 Å². The normalized spacial score (nSPS) is 17.0. The van der Waals surface area contributed by atoms with Crippen molar-refractivity contribution in [3.05, 3.63) is 65.5 Å². The fourth-order valence-corrected chi connectivity index (χ4v) is 3.97. The topological polar surface area (TPSA) is 86.9 Å². The lowest BCUT2D eigenvalue weighted by atomic mass is 9.99. The summed E-state index contributed by atoms with van der Waals surface area (Å²) in [6.07, 6.45) is -1.43. The summed E-state index contributed by atoms with van der Waals surface area (Å²) in [5.74, 6) is 0.538. The molecule has 33 heavy (non-hydrogen) atoms. The molecular formula is C23H20F3N5O2. The molecule has 1 saturated heterocycles. The molecule has 4 aromatic rings. The van der Waals surface area contributed by atoms with E-state index in [0.29, 0.717) is 29.2 Å². The fourth-order valence-electron chi connectivity index (χ4n) is 3.97. The highest BCUT2D eigenvalue weighted by Gasteiger charge is 2.35. The highest BCUT2D eigenvalue weighted by Crippen LogP contribution is 2.33. The number of alkyl halides is 3. The Bertz CT molecular complexity index is 1330. The first kappa shape index (κ1) is 21.2. The molecular weight excluding hydrogens is 435 g/mol. The minimum absolute atomic E-state index is 0.114. The molecule has 0 aliphatic carbocycles. The maximum atomic E-state index is 13.3. The maximum Gasteiger partial charge on any atom is 0.417 e. The molecule has 1 atom stereocenters. The monoisotopic (exact) mass is 455 g/mol. The van der Waals surface area contributed by atoms with Gasteiger partial charge >= 0.3 is 6.18 Å². The van der Waals surface area contributed by atoms with E-state index >= 15 is 0 Å². The highest BCUT2D eigenvalue weighted by molar-refractivity contribution is 6.10. The smallest absolute Gasteiger partial charge is 0.375 e. The van der Waals surface area contributed by atoms with Crippen LogP contribution in [0, 0.1) is 0 Å². The number of nitrogens with one attached hydrogen (secondary N) is 2. The van der Waals surface area contributed by atoms with Crippen LogP contribution in [-0.2, 0) is 10.9 Å². The molecule has 10 heteroatoms. The Morgan fingerprint density at radius 2 is 2.06 bits per heavy atom. The van der Waals surface area contributed by atoms with Crippen molar-refractivity contribution in [2.75, 3.05) is 24.6 Å². The van der Waals surface area contributed by atoms with Gasteiger partial charge in [-0.25, -0.2) is 9.97 Å². The second-order valence-electron chi connectivity index (χ2n) is 7.95. The number of carbonyl (C=O) groups excluding carboxylic acids is 1. The summed E-state index contributed by atoms with van der Waals surface area (Å²) in [4.78, 5) is 30.1. The third-order valence-corrected chi connectivity index (χ3v) is 5.60. The number of aromatic amines is 2. The number of aromatic nitrogens is 4. The van der Waals surface area contributed by atoms with Crippen molar-refractivity contribution >= 4 is 22.6 Å². The van der Waals surface area contributed by atoms with Gasteiger partial charge in [0.05, 0.1) is 41.2 Å². The lowest BCUT2D eigenvalue weighted by Gasteiger charge is -2.31. The van der Waals surface area contributed by atoms with E-state index in [1.54, 1.807) is 6.20 Å². The molecule has 7 nitrogen and oxygen atoms in total. The predicted molar refractivity (Wildman–Crippen MR) is 116 cm³/mol. The molecule has 5 rings (SSSR count). The largest absolute Gasteiger partial charge is 0.417 e. The number of anilines is 1. The number of morpholine rings is 1. The van der Waals surface area contributed by atoms with Gasteiger partial charge in [0.1, 0.15) is 5.82 Å². The van der Waals surface area contributed by atoms with Crippen molar-refractivity contribution < 1.29 is 22.7 Å². The van der Waals surface area contributed by atoms with Crippen molar-refractivity contribution in [2.24, 2.45) is 0 Å². The van der Waals surface area contributed by atoms with E-state index in [2.05, 4.69) is 24.8 Å². The lowest BCUT2D eigenvalue weighted by molar-refractivity contribution is -0.137. The van der Waals surface area contributed by atoms with Gasteiger partial charge in [-0.15, -0.1) is 0 Å². The Morgan fingerprint density at radius 1 is 1.24 bits per heavy atom. The SMILES string of the molecule is C[C@@H]1CN(c2cc3nc(-c4cc(C(=O)c5ccccc5C(F)(F)F)c[nH]4)[nH]c3cn2)CCO1. The Morgan fingerprint density at radius 3 is 2.85 bits per heavy atom. The van der Waals surface area contributed by atoms with Crippen LogP contribution in [0.4, 0.5) is 19.0 Å². The third kappa shape index (κ3) is 4.09. The molecule has 0 saturated carbocycles. The zero-order valence-electron chi connectivity index (χ0n) is 17.6.